The standard InChI is InChI=1S/C54H33NO2/c1-2-10-35(11-3-1)45-16-8-17-47-49-33-38(25-31-51(49)56-52(45)47)34-22-26-40(27-23-34)55(41-28-30-43-39(32-41)21-20-36-12-4-6-14-42(36)43)50-19-9-18-46-48-29-24-37-13-5-7-15-44(37)53(48)57-54(46)50/h1-33H. The van der Waals surface area contributed by atoms with E-state index < -0.39 is 0 Å². The molecule has 0 radical (unpaired) electrons. The van der Waals surface area contributed by atoms with Gasteiger partial charge in [-0.15, -0.1) is 0 Å². The van der Waals surface area contributed by atoms with E-state index in [1.165, 1.54) is 21.5 Å². The van der Waals surface area contributed by atoms with Crippen molar-refractivity contribution >= 4 is 93.3 Å². The first kappa shape index (κ1) is 31.7. The molecule has 12 rings (SSSR count). The zero-order valence-electron chi connectivity index (χ0n) is 30.8. The summed E-state index contributed by atoms with van der Waals surface area (Å²) in [4.78, 5) is 2.34. The van der Waals surface area contributed by atoms with Crippen molar-refractivity contribution in [1.82, 2.24) is 0 Å². The van der Waals surface area contributed by atoms with Crippen LogP contribution in [0.4, 0.5) is 17.1 Å². The minimum Gasteiger partial charge on any atom is -0.455 e. The van der Waals surface area contributed by atoms with Crippen LogP contribution in [0, 0.1) is 0 Å². The van der Waals surface area contributed by atoms with Gasteiger partial charge in [0.1, 0.15) is 16.7 Å². The number of hydrogen-bond donors (Lipinski definition) is 0. The average Bonchev–Trinajstić information content (AvgIpc) is 3.86. The van der Waals surface area contributed by atoms with Gasteiger partial charge in [0.25, 0.3) is 0 Å². The van der Waals surface area contributed by atoms with E-state index in [1.807, 2.05) is 6.07 Å². The summed E-state index contributed by atoms with van der Waals surface area (Å²) in [5.74, 6) is 0. The van der Waals surface area contributed by atoms with Crippen LogP contribution in [-0.2, 0) is 0 Å². The molecular weight excluding hydrogens is 695 g/mol. The molecule has 266 valence electrons. The Balaban J connectivity index is 1.01. The zero-order valence-corrected chi connectivity index (χ0v) is 30.8. The molecule has 0 unspecified atom stereocenters. The normalized spacial score (nSPS) is 11.9. The molecule has 57 heavy (non-hydrogen) atoms. The van der Waals surface area contributed by atoms with E-state index in [4.69, 9.17) is 8.83 Å². The molecular formula is C54H33NO2. The molecule has 10 aromatic carbocycles. The molecule has 2 heterocycles. The molecule has 0 fully saturated rings. The van der Waals surface area contributed by atoms with E-state index in [0.29, 0.717) is 0 Å². The van der Waals surface area contributed by atoms with Crippen molar-refractivity contribution in [3.05, 3.63) is 200 Å². The van der Waals surface area contributed by atoms with E-state index in [1.54, 1.807) is 0 Å². The third kappa shape index (κ3) is 4.99. The van der Waals surface area contributed by atoms with E-state index in [2.05, 4.69) is 199 Å². The van der Waals surface area contributed by atoms with Crippen molar-refractivity contribution in [3.63, 3.8) is 0 Å². The monoisotopic (exact) mass is 727 g/mol. The summed E-state index contributed by atoms with van der Waals surface area (Å²) < 4.78 is 13.4. The van der Waals surface area contributed by atoms with Crippen LogP contribution in [0.5, 0.6) is 0 Å². The fraction of sp³-hybridized carbons (Fsp3) is 0. The highest BCUT2D eigenvalue weighted by atomic mass is 16.3. The maximum absolute atomic E-state index is 6.91. The van der Waals surface area contributed by atoms with Crippen LogP contribution in [-0.4, -0.2) is 0 Å². The van der Waals surface area contributed by atoms with Gasteiger partial charge in [-0.25, -0.2) is 0 Å². The average molecular weight is 728 g/mol. The maximum Gasteiger partial charge on any atom is 0.159 e. The molecule has 0 aliphatic carbocycles. The number of benzene rings is 10. The second kappa shape index (κ2) is 12.5. The van der Waals surface area contributed by atoms with Crippen LogP contribution in [0.1, 0.15) is 0 Å². The van der Waals surface area contributed by atoms with Crippen molar-refractivity contribution in [3.8, 4) is 22.3 Å². The lowest BCUT2D eigenvalue weighted by molar-refractivity contribution is 0.670. The van der Waals surface area contributed by atoms with E-state index in [-0.39, 0.29) is 0 Å². The molecule has 0 aliphatic rings. The van der Waals surface area contributed by atoms with Crippen LogP contribution in [0.15, 0.2) is 209 Å². The van der Waals surface area contributed by atoms with Crippen molar-refractivity contribution in [2.45, 2.75) is 0 Å². The molecule has 0 amide bonds. The Kier molecular flexibility index (Phi) is 6.93. The second-order valence-corrected chi connectivity index (χ2v) is 14.9. The lowest BCUT2D eigenvalue weighted by Gasteiger charge is -2.26. The summed E-state index contributed by atoms with van der Waals surface area (Å²) in [5, 5.41) is 11.6. The predicted octanol–water partition coefficient (Wildman–Crippen LogP) is 15.7. The van der Waals surface area contributed by atoms with E-state index >= 15 is 0 Å². The molecule has 2 aromatic heterocycles. The van der Waals surface area contributed by atoms with Crippen LogP contribution in [0.3, 0.4) is 0 Å². The highest BCUT2D eigenvalue weighted by Crippen LogP contribution is 2.45. The van der Waals surface area contributed by atoms with Crippen molar-refractivity contribution < 1.29 is 8.83 Å². The summed E-state index contributed by atoms with van der Waals surface area (Å²) in [5.41, 5.74) is 11.2. The van der Waals surface area contributed by atoms with Gasteiger partial charge in [0.15, 0.2) is 5.58 Å². The van der Waals surface area contributed by atoms with Crippen molar-refractivity contribution in [1.29, 1.82) is 0 Å². The molecule has 3 heteroatoms. The van der Waals surface area contributed by atoms with Crippen LogP contribution in [0.2, 0.25) is 0 Å². The van der Waals surface area contributed by atoms with Crippen molar-refractivity contribution in [2.75, 3.05) is 4.90 Å². The summed E-state index contributed by atoms with van der Waals surface area (Å²) >= 11 is 0. The minimum absolute atomic E-state index is 0.860. The number of anilines is 3. The Labute approximate surface area is 328 Å². The highest BCUT2D eigenvalue weighted by Gasteiger charge is 2.21. The van der Waals surface area contributed by atoms with Gasteiger partial charge in [0.2, 0.25) is 0 Å². The number of hydrogen-bond acceptors (Lipinski definition) is 3. The number of fused-ring (bicyclic) bond motifs is 11. The fourth-order valence-corrected chi connectivity index (χ4v) is 8.88. The van der Waals surface area contributed by atoms with Gasteiger partial charge in [0.05, 0.1) is 5.69 Å². The van der Waals surface area contributed by atoms with Gasteiger partial charge in [-0.1, -0.05) is 152 Å². The molecule has 0 spiro atoms. The third-order valence-corrected chi connectivity index (χ3v) is 11.6. The molecule has 0 aliphatic heterocycles. The Hall–Kier alpha value is -7.62. The first-order valence-electron chi connectivity index (χ1n) is 19.4. The van der Waals surface area contributed by atoms with Gasteiger partial charge < -0.3 is 13.7 Å². The van der Waals surface area contributed by atoms with Crippen LogP contribution >= 0.6 is 0 Å². The van der Waals surface area contributed by atoms with Gasteiger partial charge in [-0.3, -0.25) is 0 Å². The molecule has 0 saturated heterocycles. The molecule has 3 nitrogen and oxygen atoms in total. The van der Waals surface area contributed by atoms with Crippen LogP contribution < -0.4 is 4.90 Å². The molecule has 0 saturated carbocycles. The molecule has 0 bridgehead atoms. The Morgan fingerprint density at radius 3 is 1.77 bits per heavy atom. The quantitative estimate of drug-likeness (QED) is 0.165. The Morgan fingerprint density at radius 1 is 0.298 bits per heavy atom. The lowest BCUT2D eigenvalue weighted by Crippen LogP contribution is -2.10. The van der Waals surface area contributed by atoms with E-state index in [0.717, 1.165) is 94.0 Å². The topological polar surface area (TPSA) is 29.5 Å². The van der Waals surface area contributed by atoms with Gasteiger partial charge >= 0.3 is 0 Å². The zero-order chi connectivity index (χ0) is 37.5. The fourth-order valence-electron chi connectivity index (χ4n) is 8.88. The lowest BCUT2D eigenvalue weighted by atomic mass is 9.99. The number of rotatable bonds is 5. The Morgan fingerprint density at radius 2 is 0.912 bits per heavy atom. The summed E-state index contributed by atoms with van der Waals surface area (Å²) in [6.45, 7) is 0. The molecule has 0 N–H and O–H groups in total. The molecule has 0 atom stereocenters. The third-order valence-electron chi connectivity index (χ3n) is 11.6. The predicted molar refractivity (Wildman–Crippen MR) is 239 cm³/mol. The highest BCUT2D eigenvalue weighted by molar-refractivity contribution is 6.18. The summed E-state index contributed by atoms with van der Waals surface area (Å²) in [6.07, 6.45) is 0. The maximum atomic E-state index is 6.91. The summed E-state index contributed by atoms with van der Waals surface area (Å²) in [6, 6.07) is 71.4. The minimum atomic E-state index is 0.860. The Bertz CT molecular complexity index is 3520. The SMILES string of the molecule is c1ccc(-c2cccc3c2oc2ccc(-c4ccc(N(c5ccc6c(ccc7ccccc76)c5)c5cccc6c5oc5c7ccccc7ccc65)cc4)cc23)cc1. The van der Waals surface area contributed by atoms with Gasteiger partial charge in [-0.05, 0) is 92.2 Å². The number of furan rings is 2. The van der Waals surface area contributed by atoms with Gasteiger partial charge in [0, 0.05) is 43.9 Å². The van der Waals surface area contributed by atoms with Gasteiger partial charge in [-0.2, -0.15) is 0 Å². The molecule has 12 aromatic rings. The van der Waals surface area contributed by atoms with E-state index in [9.17, 15) is 0 Å². The first-order valence-corrected chi connectivity index (χ1v) is 19.4. The van der Waals surface area contributed by atoms with Crippen LogP contribution in [0.25, 0.3) is 98.4 Å². The number of para-hydroxylation sites is 2. The second-order valence-electron chi connectivity index (χ2n) is 14.9. The largest absolute Gasteiger partial charge is 0.455 e. The smallest absolute Gasteiger partial charge is 0.159 e. The van der Waals surface area contributed by atoms with Crippen molar-refractivity contribution in [2.24, 2.45) is 0 Å². The summed E-state index contributed by atoms with van der Waals surface area (Å²) in [7, 11) is 0. The first-order chi connectivity index (χ1) is 28.2. The number of nitrogens with zero attached hydrogens (tertiary/aromatic N) is 1.